The van der Waals surface area contributed by atoms with Gasteiger partial charge in [-0.3, -0.25) is 4.79 Å². The maximum Gasteiger partial charge on any atom is 0.208 e. The lowest BCUT2D eigenvalue weighted by molar-refractivity contribution is -1.10. The molecule has 0 radical (unpaired) electrons. The molecular formula is C32H50N6O8+2. The second kappa shape index (κ2) is 21.0. The van der Waals surface area contributed by atoms with E-state index in [9.17, 15) is 15.1 Å². The van der Waals surface area contributed by atoms with Gasteiger partial charge in [-0.1, -0.05) is 6.92 Å². The minimum Gasteiger partial charge on any atom is -0.506 e. The van der Waals surface area contributed by atoms with Crippen molar-refractivity contribution in [3.05, 3.63) is 72.1 Å². The average Bonchev–Trinajstić information content (AvgIpc) is 3.03. The predicted octanol–water partition coefficient (Wildman–Crippen LogP) is 0.839. The average molecular weight is 647 g/mol. The molecule has 1 aliphatic carbocycles. The van der Waals surface area contributed by atoms with E-state index in [1.54, 1.807) is 12.1 Å². The zero-order valence-electron chi connectivity index (χ0n) is 26.4. The highest BCUT2D eigenvalue weighted by molar-refractivity contribution is 6.49. The van der Waals surface area contributed by atoms with Crippen LogP contribution in [0, 0.1) is 0 Å². The molecule has 2 aromatic rings. The van der Waals surface area contributed by atoms with Crippen molar-refractivity contribution in [3.8, 4) is 0 Å². The summed E-state index contributed by atoms with van der Waals surface area (Å²) in [5, 5.41) is 73.9. The summed E-state index contributed by atoms with van der Waals surface area (Å²) in [7, 11) is 0. The predicted molar refractivity (Wildman–Crippen MR) is 177 cm³/mol. The number of allylic oxidation sites excluding steroid dienone is 2. The van der Waals surface area contributed by atoms with Crippen molar-refractivity contribution in [2.75, 3.05) is 88.2 Å². The lowest BCUT2D eigenvalue weighted by Gasteiger charge is -2.28. The molecule has 0 fully saturated rings. The molecule has 11 N–H and O–H groups in total. The van der Waals surface area contributed by atoms with Crippen LogP contribution in [-0.2, 0) is 4.79 Å². The van der Waals surface area contributed by atoms with Gasteiger partial charge >= 0.3 is 0 Å². The molecule has 14 heteroatoms. The third kappa shape index (κ3) is 14.1. The maximum absolute atomic E-state index is 12.5. The van der Waals surface area contributed by atoms with Crippen LogP contribution in [0.25, 0.3) is 0 Å². The Morgan fingerprint density at radius 2 is 1.30 bits per heavy atom. The van der Waals surface area contributed by atoms with Crippen LogP contribution in [0.4, 0.5) is 22.7 Å². The Hall–Kier alpha value is -3.86. The summed E-state index contributed by atoms with van der Waals surface area (Å²) in [5.74, 6) is -0.532. The summed E-state index contributed by atoms with van der Waals surface area (Å²) >= 11 is 0. The number of hydroxylamine groups is 5. The first-order valence-corrected chi connectivity index (χ1v) is 15.4. The van der Waals surface area contributed by atoms with Gasteiger partial charge in [-0.2, -0.15) is 9.71 Å². The van der Waals surface area contributed by atoms with Gasteiger partial charge in [0.1, 0.15) is 44.2 Å². The van der Waals surface area contributed by atoms with Gasteiger partial charge in [-0.05, 0) is 61.0 Å². The summed E-state index contributed by atoms with van der Waals surface area (Å²) in [5.41, 5.74) is 3.82. The van der Waals surface area contributed by atoms with Crippen LogP contribution in [0.2, 0.25) is 0 Å². The smallest absolute Gasteiger partial charge is 0.208 e. The molecule has 0 bridgehead atoms. The van der Waals surface area contributed by atoms with Crippen LogP contribution in [0.5, 0.6) is 0 Å². The normalized spacial score (nSPS) is 14.0. The van der Waals surface area contributed by atoms with Crippen molar-refractivity contribution in [1.82, 2.24) is 0 Å². The van der Waals surface area contributed by atoms with Crippen LogP contribution in [0.3, 0.4) is 0 Å². The fourth-order valence-electron chi connectivity index (χ4n) is 4.33. The monoisotopic (exact) mass is 646 g/mol. The molecule has 254 valence electrons. The topological polar surface area (TPSA) is 212 Å². The minimum atomic E-state index is -0.384. The number of anilines is 3. The van der Waals surface area contributed by atoms with Gasteiger partial charge in [0.2, 0.25) is 5.78 Å². The number of carbonyl (C=O) groups excluding carboxylic acids is 1. The van der Waals surface area contributed by atoms with Crippen molar-refractivity contribution < 1.29 is 50.5 Å². The number of ketones is 1. The zero-order valence-corrected chi connectivity index (χ0v) is 26.4. The number of rotatable bonds is 19. The van der Waals surface area contributed by atoms with Crippen molar-refractivity contribution in [2.45, 2.75) is 19.8 Å². The van der Waals surface area contributed by atoms with E-state index in [4.69, 9.17) is 25.6 Å². The van der Waals surface area contributed by atoms with Gasteiger partial charge in [0, 0.05) is 42.6 Å². The number of hydrogen-bond donors (Lipinski definition) is 11. The molecule has 0 saturated heterocycles. The molecule has 0 atom stereocenters. The number of nitrogens with zero attached hydrogens (tertiary/aromatic N) is 2. The Bertz CT molecular complexity index is 1260. The van der Waals surface area contributed by atoms with E-state index >= 15 is 0 Å². The lowest BCUT2D eigenvalue weighted by Crippen LogP contribution is -3.10. The van der Waals surface area contributed by atoms with Gasteiger partial charge in [0.25, 0.3) is 0 Å². The first-order chi connectivity index (χ1) is 22.2. The zero-order chi connectivity index (χ0) is 33.8. The number of carbonyl (C=O) groups is 1. The second-order valence-corrected chi connectivity index (χ2v) is 10.6. The SMILES string of the molecule is CCCNc1ccc(NC2=CC(=Nc3ccc(NCCC[N+](O)(CCO)CCO)cc3)C(=O)C=C2O)cc1.OCC[NH+](O)CCO. The molecule has 3 rings (SSSR count). The number of nitrogens with one attached hydrogen (secondary N) is 4. The second-order valence-electron chi connectivity index (χ2n) is 10.6. The van der Waals surface area contributed by atoms with E-state index in [1.165, 1.54) is 6.08 Å². The van der Waals surface area contributed by atoms with Crippen LogP contribution in [0.15, 0.2) is 77.1 Å². The molecule has 0 aromatic heterocycles. The summed E-state index contributed by atoms with van der Waals surface area (Å²) in [6, 6.07) is 14.9. The van der Waals surface area contributed by atoms with E-state index in [0.29, 0.717) is 30.9 Å². The van der Waals surface area contributed by atoms with Crippen LogP contribution < -0.4 is 21.0 Å². The highest BCUT2D eigenvalue weighted by Gasteiger charge is 2.23. The Morgan fingerprint density at radius 3 is 1.85 bits per heavy atom. The van der Waals surface area contributed by atoms with E-state index in [-0.39, 0.29) is 79.6 Å². The molecule has 0 heterocycles. The number of hydrogen-bond acceptors (Lipinski definition) is 12. The minimum absolute atomic E-state index is 0.0498. The molecule has 2 aromatic carbocycles. The molecule has 0 unspecified atom stereocenters. The van der Waals surface area contributed by atoms with Crippen LogP contribution >= 0.6 is 0 Å². The number of aliphatic hydroxyl groups excluding tert-OH is 5. The molecule has 0 saturated carbocycles. The van der Waals surface area contributed by atoms with E-state index in [2.05, 4.69) is 27.9 Å². The fourth-order valence-corrected chi connectivity index (χ4v) is 4.33. The van der Waals surface area contributed by atoms with Crippen LogP contribution in [0.1, 0.15) is 19.8 Å². The molecule has 0 amide bonds. The van der Waals surface area contributed by atoms with Crippen molar-refractivity contribution in [1.29, 1.82) is 0 Å². The molecule has 0 spiro atoms. The van der Waals surface area contributed by atoms with Gasteiger partial charge < -0.3 is 41.5 Å². The van der Waals surface area contributed by atoms with Crippen molar-refractivity contribution in [3.63, 3.8) is 0 Å². The highest BCUT2D eigenvalue weighted by atomic mass is 16.5. The van der Waals surface area contributed by atoms with Gasteiger partial charge in [-0.25, -0.2) is 15.4 Å². The Labute approximate surface area is 269 Å². The summed E-state index contributed by atoms with van der Waals surface area (Å²) < 4.78 is -0.366. The highest BCUT2D eigenvalue weighted by Crippen LogP contribution is 2.22. The Kier molecular flexibility index (Phi) is 17.5. The lowest BCUT2D eigenvalue weighted by atomic mass is 10.1. The summed E-state index contributed by atoms with van der Waals surface area (Å²) in [6.45, 7) is 4.51. The summed E-state index contributed by atoms with van der Waals surface area (Å²) in [4.78, 5) is 16.9. The number of benzene rings is 2. The first kappa shape index (κ1) is 38.3. The third-order valence-electron chi connectivity index (χ3n) is 6.85. The van der Waals surface area contributed by atoms with Crippen LogP contribution in [-0.4, -0.2) is 124 Å². The van der Waals surface area contributed by atoms with Gasteiger partial charge in [-0.15, -0.1) is 0 Å². The van der Waals surface area contributed by atoms with Crippen molar-refractivity contribution >= 4 is 34.2 Å². The maximum atomic E-state index is 12.5. The number of aliphatic hydroxyl groups is 5. The van der Waals surface area contributed by atoms with Crippen molar-refractivity contribution in [2.24, 2.45) is 4.99 Å². The molecule has 1 aliphatic rings. The summed E-state index contributed by atoms with van der Waals surface area (Å²) in [6.07, 6.45) is 4.36. The van der Waals surface area contributed by atoms with Gasteiger partial charge in [0.05, 0.1) is 37.8 Å². The van der Waals surface area contributed by atoms with E-state index < -0.39 is 0 Å². The van der Waals surface area contributed by atoms with E-state index in [1.807, 2.05) is 36.4 Å². The molecule has 14 nitrogen and oxygen atoms in total. The fraction of sp³-hybridized carbons (Fsp3) is 0.438. The van der Waals surface area contributed by atoms with E-state index in [0.717, 1.165) is 36.1 Å². The number of aliphatic imine (C=N–C) groups is 1. The standard InChI is InChI=1S/C28H37N5O5.C4H11NO3/c1-2-12-29-21-4-8-23(9-5-21)31-25-19-26(28(37)20-27(25)36)32-24-10-6-22(7-11-24)30-13-3-14-33(38,15-17-34)16-18-35;6-3-1-5(8)2-4-7/h4-11,19-20,34-35,38H,2-3,12-18H2,1H3,(H3-,29,30,31,32,36,37);6-8H,1-4H2/p+2. The Morgan fingerprint density at radius 1 is 0.761 bits per heavy atom. The molecule has 0 aliphatic heterocycles. The van der Waals surface area contributed by atoms with Gasteiger partial charge in [0.15, 0.2) is 0 Å². The Balaban J connectivity index is 0.000000812. The quantitative estimate of drug-likeness (QED) is 0.0446. The third-order valence-corrected chi connectivity index (χ3v) is 6.85. The first-order valence-electron chi connectivity index (χ1n) is 15.4. The number of quaternary nitrogens is 2. The molecule has 46 heavy (non-hydrogen) atoms. The largest absolute Gasteiger partial charge is 0.506 e. The molecular weight excluding hydrogens is 596 g/mol.